The fourth-order valence-corrected chi connectivity index (χ4v) is 3.88. The minimum Gasteiger partial charge on any atom is -0.398 e. The van der Waals surface area contributed by atoms with Crippen molar-refractivity contribution in [2.75, 3.05) is 5.73 Å². The molecular weight excluding hydrogens is 301 g/mol. The number of rotatable bonds is 4. The van der Waals surface area contributed by atoms with E-state index >= 15 is 0 Å². The van der Waals surface area contributed by atoms with Crippen molar-refractivity contribution in [1.29, 1.82) is 0 Å². The standard InChI is InChI=1S/C12H14FN3O2S2/c1-7-6-19-12(15-7)8(2)16-20(17,18)11-4-3-9(13)5-10(11)14/h3-6,8,16H,14H2,1-2H3. The molecule has 0 aliphatic rings. The SMILES string of the molecule is Cc1csc(C(C)NS(=O)(=O)c2ccc(F)cc2N)n1. The van der Waals surface area contributed by atoms with Gasteiger partial charge in [0.25, 0.3) is 0 Å². The highest BCUT2D eigenvalue weighted by atomic mass is 32.2. The number of halogens is 1. The predicted molar refractivity (Wildman–Crippen MR) is 76.4 cm³/mol. The largest absolute Gasteiger partial charge is 0.398 e. The molecule has 5 nitrogen and oxygen atoms in total. The first kappa shape index (κ1) is 14.9. The monoisotopic (exact) mass is 315 g/mol. The predicted octanol–water partition coefficient (Wildman–Crippen LogP) is 2.21. The number of hydrogen-bond acceptors (Lipinski definition) is 5. The Kier molecular flexibility index (Phi) is 4.07. The van der Waals surface area contributed by atoms with Crippen LogP contribution >= 0.6 is 11.3 Å². The number of nitrogens with zero attached hydrogens (tertiary/aromatic N) is 1. The average molecular weight is 315 g/mol. The third-order valence-corrected chi connectivity index (χ3v) is 5.36. The summed E-state index contributed by atoms with van der Waals surface area (Å²) >= 11 is 1.37. The van der Waals surface area contributed by atoms with E-state index in [4.69, 9.17) is 5.73 Å². The second kappa shape index (κ2) is 5.47. The van der Waals surface area contributed by atoms with Crippen LogP contribution in [0.15, 0.2) is 28.5 Å². The van der Waals surface area contributed by atoms with Gasteiger partial charge in [0, 0.05) is 11.1 Å². The van der Waals surface area contributed by atoms with Crippen molar-refractivity contribution in [3.63, 3.8) is 0 Å². The highest BCUT2D eigenvalue weighted by Gasteiger charge is 2.22. The maximum Gasteiger partial charge on any atom is 0.243 e. The first-order valence-electron chi connectivity index (χ1n) is 5.79. The average Bonchev–Trinajstić information content (AvgIpc) is 2.74. The smallest absolute Gasteiger partial charge is 0.243 e. The third kappa shape index (κ3) is 3.14. The minimum absolute atomic E-state index is 0.125. The van der Waals surface area contributed by atoms with Crippen LogP contribution in [0.5, 0.6) is 0 Å². The highest BCUT2D eigenvalue weighted by molar-refractivity contribution is 7.89. The lowest BCUT2D eigenvalue weighted by atomic mass is 10.3. The van der Waals surface area contributed by atoms with Crippen LogP contribution in [0.25, 0.3) is 0 Å². The van der Waals surface area contributed by atoms with E-state index in [2.05, 4.69) is 9.71 Å². The van der Waals surface area contributed by atoms with Gasteiger partial charge in [-0.25, -0.2) is 22.5 Å². The molecule has 2 aromatic rings. The molecule has 1 atom stereocenters. The molecule has 3 N–H and O–H groups in total. The number of nitrogens with two attached hydrogens (primary N) is 1. The van der Waals surface area contributed by atoms with Gasteiger partial charge in [0.05, 0.1) is 11.7 Å². The molecule has 2 rings (SSSR count). The molecule has 0 bridgehead atoms. The molecule has 0 aliphatic heterocycles. The van der Waals surface area contributed by atoms with Gasteiger partial charge >= 0.3 is 0 Å². The van der Waals surface area contributed by atoms with E-state index in [1.807, 2.05) is 12.3 Å². The number of sulfonamides is 1. The molecule has 0 radical (unpaired) electrons. The van der Waals surface area contributed by atoms with E-state index < -0.39 is 21.9 Å². The van der Waals surface area contributed by atoms with Gasteiger partial charge in [-0.15, -0.1) is 11.3 Å². The summed E-state index contributed by atoms with van der Waals surface area (Å²) in [5, 5.41) is 2.50. The van der Waals surface area contributed by atoms with Crippen LogP contribution in [0.2, 0.25) is 0 Å². The Labute approximate surface area is 120 Å². The zero-order valence-electron chi connectivity index (χ0n) is 10.9. The van der Waals surface area contributed by atoms with Crippen LogP contribution in [0.4, 0.5) is 10.1 Å². The van der Waals surface area contributed by atoms with E-state index in [1.165, 1.54) is 11.3 Å². The number of hydrogen-bond donors (Lipinski definition) is 2. The molecule has 0 spiro atoms. The summed E-state index contributed by atoms with van der Waals surface area (Å²) in [7, 11) is -3.82. The Morgan fingerprint density at radius 3 is 2.70 bits per heavy atom. The molecule has 1 aromatic carbocycles. The number of nitrogens with one attached hydrogen (secondary N) is 1. The van der Waals surface area contributed by atoms with Crippen molar-refractivity contribution < 1.29 is 12.8 Å². The lowest BCUT2D eigenvalue weighted by Gasteiger charge is -2.13. The minimum atomic E-state index is -3.82. The molecule has 20 heavy (non-hydrogen) atoms. The van der Waals surface area contributed by atoms with Gasteiger partial charge in [0.1, 0.15) is 15.7 Å². The van der Waals surface area contributed by atoms with Crippen LogP contribution < -0.4 is 10.5 Å². The lowest BCUT2D eigenvalue weighted by Crippen LogP contribution is -2.27. The van der Waals surface area contributed by atoms with Crippen LogP contribution in [0.1, 0.15) is 23.7 Å². The van der Waals surface area contributed by atoms with E-state index in [0.717, 1.165) is 23.9 Å². The maximum atomic E-state index is 13.0. The van der Waals surface area contributed by atoms with E-state index in [0.29, 0.717) is 5.01 Å². The van der Waals surface area contributed by atoms with Gasteiger partial charge < -0.3 is 5.73 Å². The number of thiazole rings is 1. The van der Waals surface area contributed by atoms with Gasteiger partial charge in [-0.1, -0.05) is 0 Å². The van der Waals surface area contributed by atoms with Crippen molar-refractivity contribution in [3.8, 4) is 0 Å². The van der Waals surface area contributed by atoms with Crippen LogP contribution in [-0.2, 0) is 10.0 Å². The van der Waals surface area contributed by atoms with Gasteiger partial charge in [-0.05, 0) is 32.0 Å². The Morgan fingerprint density at radius 2 is 2.15 bits per heavy atom. The van der Waals surface area contributed by atoms with Crippen LogP contribution in [-0.4, -0.2) is 13.4 Å². The van der Waals surface area contributed by atoms with Crippen molar-refractivity contribution >= 4 is 27.0 Å². The molecule has 8 heteroatoms. The van der Waals surface area contributed by atoms with E-state index in [1.54, 1.807) is 6.92 Å². The molecule has 108 valence electrons. The molecule has 0 amide bonds. The third-order valence-electron chi connectivity index (χ3n) is 2.60. The molecule has 1 heterocycles. The maximum absolute atomic E-state index is 13.0. The normalized spacial score (nSPS) is 13.3. The summed E-state index contributed by atoms with van der Waals surface area (Å²) in [4.78, 5) is 4.09. The summed E-state index contributed by atoms with van der Waals surface area (Å²) in [5.74, 6) is -0.579. The van der Waals surface area contributed by atoms with Crippen molar-refractivity contribution in [1.82, 2.24) is 9.71 Å². The van der Waals surface area contributed by atoms with Crippen molar-refractivity contribution in [3.05, 3.63) is 40.1 Å². The summed E-state index contributed by atoms with van der Waals surface area (Å²) in [6, 6.07) is 2.70. The Hall–Kier alpha value is -1.51. The Bertz CT molecular complexity index is 728. The second-order valence-corrected chi connectivity index (χ2v) is 6.92. The van der Waals surface area contributed by atoms with E-state index in [9.17, 15) is 12.8 Å². The number of aryl methyl sites for hydroxylation is 1. The fourth-order valence-electron chi connectivity index (χ4n) is 1.68. The number of anilines is 1. The summed E-state index contributed by atoms with van der Waals surface area (Å²) in [6.45, 7) is 3.52. The zero-order valence-corrected chi connectivity index (χ0v) is 12.6. The molecule has 0 saturated carbocycles. The van der Waals surface area contributed by atoms with Crippen molar-refractivity contribution in [2.45, 2.75) is 24.8 Å². The molecule has 1 aromatic heterocycles. The Morgan fingerprint density at radius 1 is 1.45 bits per heavy atom. The topological polar surface area (TPSA) is 85.1 Å². The van der Waals surface area contributed by atoms with Gasteiger partial charge in [-0.3, -0.25) is 0 Å². The number of benzene rings is 1. The quantitative estimate of drug-likeness (QED) is 0.847. The number of aromatic nitrogens is 1. The summed E-state index contributed by atoms with van der Waals surface area (Å²) in [5.41, 5.74) is 6.26. The van der Waals surface area contributed by atoms with E-state index in [-0.39, 0.29) is 10.6 Å². The number of nitrogen functional groups attached to an aromatic ring is 1. The molecule has 0 aliphatic carbocycles. The van der Waals surface area contributed by atoms with Crippen LogP contribution in [0.3, 0.4) is 0 Å². The second-order valence-electron chi connectivity index (χ2n) is 4.35. The van der Waals surface area contributed by atoms with Crippen molar-refractivity contribution in [2.24, 2.45) is 0 Å². The van der Waals surface area contributed by atoms with Gasteiger partial charge in [-0.2, -0.15) is 0 Å². The lowest BCUT2D eigenvalue weighted by molar-refractivity contribution is 0.566. The van der Waals surface area contributed by atoms with Gasteiger partial charge in [0.15, 0.2) is 0 Å². The molecule has 0 fully saturated rings. The molecule has 0 saturated heterocycles. The molecule has 1 unspecified atom stereocenters. The zero-order chi connectivity index (χ0) is 14.9. The first-order chi connectivity index (χ1) is 9.29. The molecular formula is C12H14FN3O2S2. The van der Waals surface area contributed by atoms with Gasteiger partial charge in [0.2, 0.25) is 10.0 Å². The summed E-state index contributed by atoms with van der Waals surface area (Å²) < 4.78 is 39.9. The van der Waals surface area contributed by atoms with Crippen LogP contribution in [0, 0.1) is 12.7 Å². The summed E-state index contributed by atoms with van der Waals surface area (Å²) in [6.07, 6.45) is 0. The highest BCUT2D eigenvalue weighted by Crippen LogP contribution is 2.23. The first-order valence-corrected chi connectivity index (χ1v) is 8.15. The Balaban J connectivity index is 2.27. The fraction of sp³-hybridized carbons (Fsp3) is 0.250.